The lowest BCUT2D eigenvalue weighted by Crippen LogP contribution is -2.03. The molecule has 0 saturated heterocycles. The zero-order valence-electron chi connectivity index (χ0n) is 10.5. The van der Waals surface area contributed by atoms with E-state index in [0.29, 0.717) is 0 Å². The van der Waals surface area contributed by atoms with E-state index in [1.807, 2.05) is 0 Å². The van der Waals surface area contributed by atoms with E-state index in [-0.39, 0.29) is 0 Å². The van der Waals surface area contributed by atoms with Gasteiger partial charge in [0.15, 0.2) is 5.82 Å². The lowest BCUT2D eigenvalue weighted by molar-refractivity contribution is 1.12. The first-order valence-electron chi connectivity index (χ1n) is 5.85. The van der Waals surface area contributed by atoms with Crippen molar-refractivity contribution in [3.05, 3.63) is 41.7 Å². The average molecular weight is 227 g/mol. The minimum absolute atomic E-state index is 0.844. The van der Waals surface area contributed by atoms with Gasteiger partial charge in [0.1, 0.15) is 5.69 Å². The number of hydrogen-bond donors (Lipinski definition) is 1. The van der Waals surface area contributed by atoms with Crippen molar-refractivity contribution in [3.8, 4) is 11.3 Å². The molecule has 2 aromatic rings. The third kappa shape index (κ3) is 2.28. The molecule has 2 rings (SSSR count). The molecule has 1 heterocycles. The van der Waals surface area contributed by atoms with Crippen LogP contribution in [0.2, 0.25) is 0 Å². The maximum absolute atomic E-state index is 4.46. The fourth-order valence-electron chi connectivity index (χ4n) is 2.01. The summed E-state index contributed by atoms with van der Waals surface area (Å²) in [6, 6.07) is 6.27. The highest BCUT2D eigenvalue weighted by Crippen LogP contribution is 2.29. The van der Waals surface area contributed by atoms with Crippen LogP contribution in [0.15, 0.2) is 30.6 Å². The third-order valence-electron chi connectivity index (χ3n) is 2.76. The largest absolute Gasteiger partial charge is 0.369 e. The molecule has 0 bridgehead atoms. The number of aromatic nitrogens is 2. The first-order valence-corrected chi connectivity index (χ1v) is 5.85. The summed E-state index contributed by atoms with van der Waals surface area (Å²) in [6.07, 6.45) is 3.46. The quantitative estimate of drug-likeness (QED) is 0.875. The van der Waals surface area contributed by atoms with Crippen molar-refractivity contribution in [3.63, 3.8) is 0 Å². The topological polar surface area (TPSA) is 37.8 Å². The highest BCUT2D eigenvalue weighted by atomic mass is 15.0. The molecule has 0 fully saturated rings. The Morgan fingerprint density at radius 2 is 1.71 bits per heavy atom. The molecule has 0 spiro atoms. The smallest absolute Gasteiger partial charge is 0.152 e. The van der Waals surface area contributed by atoms with E-state index >= 15 is 0 Å². The van der Waals surface area contributed by atoms with Crippen molar-refractivity contribution in [2.24, 2.45) is 0 Å². The second-order valence-electron chi connectivity index (χ2n) is 4.05. The molecule has 17 heavy (non-hydrogen) atoms. The number of nitrogens with one attached hydrogen (secondary N) is 1. The molecule has 0 saturated carbocycles. The first-order chi connectivity index (χ1) is 8.24. The molecule has 1 N–H and O–H groups in total. The van der Waals surface area contributed by atoms with E-state index < -0.39 is 0 Å². The van der Waals surface area contributed by atoms with Crippen LogP contribution in [0.25, 0.3) is 11.3 Å². The maximum Gasteiger partial charge on any atom is 0.152 e. The molecular formula is C14H17N3. The number of rotatable bonds is 3. The van der Waals surface area contributed by atoms with Crippen LogP contribution in [-0.2, 0) is 0 Å². The molecule has 0 aliphatic rings. The zero-order chi connectivity index (χ0) is 12.3. The molecule has 0 atom stereocenters. The Bertz CT molecular complexity index is 500. The van der Waals surface area contributed by atoms with Crippen molar-refractivity contribution < 1.29 is 0 Å². The van der Waals surface area contributed by atoms with Crippen molar-refractivity contribution in [1.29, 1.82) is 0 Å². The number of hydrogen-bond acceptors (Lipinski definition) is 3. The van der Waals surface area contributed by atoms with Crippen molar-refractivity contribution in [1.82, 2.24) is 9.97 Å². The summed E-state index contributed by atoms with van der Waals surface area (Å²) in [6.45, 7) is 7.11. The molecule has 0 radical (unpaired) electrons. The van der Waals surface area contributed by atoms with E-state index in [0.717, 1.165) is 18.1 Å². The molecule has 0 unspecified atom stereocenters. The van der Waals surface area contributed by atoms with Crippen molar-refractivity contribution in [2.45, 2.75) is 20.8 Å². The Labute approximate surface area is 102 Å². The minimum Gasteiger partial charge on any atom is -0.369 e. The Morgan fingerprint density at radius 1 is 1.06 bits per heavy atom. The lowest BCUT2D eigenvalue weighted by atomic mass is 10.00. The Kier molecular flexibility index (Phi) is 3.38. The number of anilines is 1. The summed E-state index contributed by atoms with van der Waals surface area (Å²) in [5.41, 5.74) is 4.57. The highest BCUT2D eigenvalue weighted by molar-refractivity contribution is 5.76. The van der Waals surface area contributed by atoms with Crippen molar-refractivity contribution >= 4 is 5.82 Å². The van der Waals surface area contributed by atoms with Crippen LogP contribution < -0.4 is 5.32 Å². The summed E-state index contributed by atoms with van der Waals surface area (Å²) < 4.78 is 0. The SMILES string of the molecule is CCNc1nccnc1-c1c(C)cccc1C. The fourth-order valence-corrected chi connectivity index (χ4v) is 2.01. The van der Waals surface area contributed by atoms with Gasteiger partial charge in [0.25, 0.3) is 0 Å². The van der Waals surface area contributed by atoms with Gasteiger partial charge in [0.2, 0.25) is 0 Å². The summed E-state index contributed by atoms with van der Waals surface area (Å²) in [7, 11) is 0. The molecular weight excluding hydrogens is 210 g/mol. The molecule has 0 aliphatic carbocycles. The summed E-state index contributed by atoms with van der Waals surface area (Å²) in [4.78, 5) is 8.82. The third-order valence-corrected chi connectivity index (χ3v) is 2.76. The lowest BCUT2D eigenvalue weighted by Gasteiger charge is -2.12. The number of nitrogens with zero attached hydrogens (tertiary/aromatic N) is 2. The van der Waals surface area contributed by atoms with E-state index in [2.05, 4.69) is 54.3 Å². The number of aryl methyl sites for hydroxylation is 2. The average Bonchev–Trinajstić information content (AvgIpc) is 2.31. The van der Waals surface area contributed by atoms with E-state index in [4.69, 9.17) is 0 Å². The van der Waals surface area contributed by atoms with Crippen molar-refractivity contribution in [2.75, 3.05) is 11.9 Å². The molecule has 1 aromatic heterocycles. The normalized spacial score (nSPS) is 10.3. The van der Waals surface area contributed by atoms with Gasteiger partial charge in [-0.15, -0.1) is 0 Å². The van der Waals surface area contributed by atoms with Gasteiger partial charge in [-0.05, 0) is 31.9 Å². The van der Waals surface area contributed by atoms with Crippen LogP contribution in [0.4, 0.5) is 5.82 Å². The van der Waals surface area contributed by atoms with Gasteiger partial charge in [0, 0.05) is 24.5 Å². The molecule has 0 aliphatic heterocycles. The molecule has 3 nitrogen and oxygen atoms in total. The first kappa shape index (κ1) is 11.6. The second-order valence-corrected chi connectivity index (χ2v) is 4.05. The molecule has 1 aromatic carbocycles. The molecule has 3 heteroatoms. The Hall–Kier alpha value is -1.90. The fraction of sp³-hybridized carbons (Fsp3) is 0.286. The second kappa shape index (κ2) is 4.95. The van der Waals surface area contributed by atoms with Crippen LogP contribution in [-0.4, -0.2) is 16.5 Å². The van der Waals surface area contributed by atoms with Crippen LogP contribution in [0, 0.1) is 13.8 Å². The predicted octanol–water partition coefficient (Wildman–Crippen LogP) is 3.19. The van der Waals surface area contributed by atoms with Crippen LogP contribution in [0.3, 0.4) is 0 Å². The van der Waals surface area contributed by atoms with Gasteiger partial charge in [-0.1, -0.05) is 18.2 Å². The van der Waals surface area contributed by atoms with Gasteiger partial charge in [0.05, 0.1) is 0 Å². The Balaban J connectivity index is 2.60. The molecule has 0 amide bonds. The molecule has 88 valence electrons. The van der Waals surface area contributed by atoms with Crippen LogP contribution in [0.1, 0.15) is 18.1 Å². The van der Waals surface area contributed by atoms with Gasteiger partial charge in [-0.2, -0.15) is 0 Å². The van der Waals surface area contributed by atoms with Gasteiger partial charge in [-0.25, -0.2) is 4.98 Å². The van der Waals surface area contributed by atoms with Gasteiger partial charge >= 0.3 is 0 Å². The summed E-state index contributed by atoms with van der Waals surface area (Å²) in [5.74, 6) is 0.854. The Morgan fingerprint density at radius 3 is 2.35 bits per heavy atom. The number of benzene rings is 1. The summed E-state index contributed by atoms with van der Waals surface area (Å²) in [5, 5.41) is 3.26. The summed E-state index contributed by atoms with van der Waals surface area (Å²) >= 11 is 0. The highest BCUT2D eigenvalue weighted by Gasteiger charge is 2.11. The zero-order valence-corrected chi connectivity index (χ0v) is 10.5. The van der Waals surface area contributed by atoms with E-state index in [1.54, 1.807) is 12.4 Å². The minimum atomic E-state index is 0.844. The maximum atomic E-state index is 4.46. The van der Waals surface area contributed by atoms with E-state index in [9.17, 15) is 0 Å². The van der Waals surface area contributed by atoms with Crippen LogP contribution in [0.5, 0.6) is 0 Å². The van der Waals surface area contributed by atoms with Gasteiger partial charge < -0.3 is 5.32 Å². The predicted molar refractivity (Wildman–Crippen MR) is 71.1 cm³/mol. The monoisotopic (exact) mass is 227 g/mol. The van der Waals surface area contributed by atoms with Crippen LogP contribution >= 0.6 is 0 Å². The van der Waals surface area contributed by atoms with E-state index in [1.165, 1.54) is 16.7 Å². The van der Waals surface area contributed by atoms with Gasteiger partial charge in [-0.3, -0.25) is 4.98 Å². The standard InChI is InChI=1S/C14H17N3/c1-4-15-14-13(16-8-9-17-14)12-10(2)6-5-7-11(12)3/h5-9H,4H2,1-3H3,(H,15,17).